The van der Waals surface area contributed by atoms with Crippen LogP contribution >= 0.6 is 11.6 Å². The molecule has 0 radical (unpaired) electrons. The zero-order chi connectivity index (χ0) is 13.7. The molecule has 0 saturated heterocycles. The van der Waals surface area contributed by atoms with Crippen LogP contribution in [0.5, 0.6) is 0 Å². The fraction of sp³-hybridized carbons (Fsp3) is 0.200. The number of hydrogen-bond acceptors (Lipinski definition) is 2. The highest BCUT2D eigenvalue weighted by Crippen LogP contribution is 2.11. The first-order valence-corrected chi connectivity index (χ1v) is 6.61. The van der Waals surface area contributed by atoms with Gasteiger partial charge in [0.2, 0.25) is 0 Å². The fourth-order valence-electron chi connectivity index (χ4n) is 1.78. The summed E-state index contributed by atoms with van der Waals surface area (Å²) in [6.07, 6.45) is 1.71. The van der Waals surface area contributed by atoms with Gasteiger partial charge in [0.05, 0.1) is 11.7 Å². The molecule has 1 amide bonds. The lowest BCUT2D eigenvalue weighted by Gasteiger charge is -2.13. The monoisotopic (exact) mass is 274 g/mol. The van der Waals surface area contributed by atoms with Gasteiger partial charge >= 0.3 is 0 Å². The Morgan fingerprint density at radius 2 is 2.16 bits per heavy atom. The molecule has 1 aromatic heterocycles. The lowest BCUT2D eigenvalue weighted by Crippen LogP contribution is -2.27. The van der Waals surface area contributed by atoms with Gasteiger partial charge in [0, 0.05) is 17.6 Å². The lowest BCUT2D eigenvalue weighted by molar-refractivity contribution is 0.0939. The van der Waals surface area contributed by atoms with Gasteiger partial charge in [-0.3, -0.25) is 9.78 Å². The molecular weight excluding hydrogens is 260 g/mol. The third kappa shape index (κ3) is 3.55. The molecule has 1 aromatic carbocycles. The molecule has 0 unspecified atom stereocenters. The molecule has 0 aliphatic rings. The summed E-state index contributed by atoms with van der Waals surface area (Å²) in [5.41, 5.74) is 2.38. The van der Waals surface area contributed by atoms with Crippen molar-refractivity contribution in [3.8, 4) is 0 Å². The van der Waals surface area contributed by atoms with Crippen LogP contribution in [0.15, 0.2) is 48.7 Å². The number of nitrogens with zero attached hydrogens (tertiary/aromatic N) is 1. The second kappa shape index (κ2) is 6.34. The average Bonchev–Trinajstić information content (AvgIpc) is 2.48. The van der Waals surface area contributed by atoms with Gasteiger partial charge in [0.15, 0.2) is 0 Å². The van der Waals surface area contributed by atoms with Crippen molar-refractivity contribution in [1.29, 1.82) is 0 Å². The van der Waals surface area contributed by atoms with E-state index in [-0.39, 0.29) is 11.9 Å². The van der Waals surface area contributed by atoms with E-state index in [1.165, 1.54) is 0 Å². The molecule has 2 aromatic rings. The number of hydrogen-bond donors (Lipinski definition) is 1. The van der Waals surface area contributed by atoms with Crippen LogP contribution in [0.25, 0.3) is 0 Å². The van der Waals surface area contributed by atoms with E-state index in [4.69, 9.17) is 11.6 Å². The minimum atomic E-state index is -0.131. The zero-order valence-corrected chi connectivity index (χ0v) is 11.4. The maximum atomic E-state index is 12.1. The van der Waals surface area contributed by atoms with Crippen molar-refractivity contribution in [1.82, 2.24) is 10.3 Å². The number of carbonyl (C=O) groups is 1. The van der Waals surface area contributed by atoms with Crippen LogP contribution < -0.4 is 5.32 Å². The zero-order valence-electron chi connectivity index (χ0n) is 10.6. The SMILES string of the molecule is C[C@@H](NC(=O)c1cccc(CCl)c1)c1ccccn1. The predicted octanol–water partition coefficient (Wildman–Crippen LogP) is 3.31. The third-order valence-corrected chi connectivity index (χ3v) is 3.13. The number of pyridine rings is 1. The van der Waals surface area contributed by atoms with Gasteiger partial charge in [0.1, 0.15) is 0 Å². The number of aromatic nitrogens is 1. The summed E-state index contributed by atoms with van der Waals surface area (Å²) in [6, 6.07) is 12.8. The topological polar surface area (TPSA) is 42.0 Å². The summed E-state index contributed by atoms with van der Waals surface area (Å²) in [5.74, 6) is 0.279. The molecule has 1 heterocycles. The smallest absolute Gasteiger partial charge is 0.251 e. The number of nitrogens with one attached hydrogen (secondary N) is 1. The van der Waals surface area contributed by atoms with Crippen molar-refractivity contribution < 1.29 is 4.79 Å². The Kier molecular flexibility index (Phi) is 4.53. The molecule has 3 nitrogen and oxygen atoms in total. The van der Waals surface area contributed by atoms with Crippen molar-refractivity contribution in [2.24, 2.45) is 0 Å². The van der Waals surface area contributed by atoms with Crippen LogP contribution in [-0.4, -0.2) is 10.9 Å². The van der Waals surface area contributed by atoms with Crippen molar-refractivity contribution in [3.05, 3.63) is 65.5 Å². The Morgan fingerprint density at radius 3 is 2.84 bits per heavy atom. The van der Waals surface area contributed by atoms with Crippen LogP contribution in [0.2, 0.25) is 0 Å². The van der Waals surface area contributed by atoms with E-state index in [9.17, 15) is 4.79 Å². The van der Waals surface area contributed by atoms with Crippen LogP contribution in [0, 0.1) is 0 Å². The molecule has 0 fully saturated rings. The number of alkyl halides is 1. The number of halogens is 1. The molecule has 19 heavy (non-hydrogen) atoms. The highest BCUT2D eigenvalue weighted by atomic mass is 35.5. The normalized spacial score (nSPS) is 11.9. The van der Waals surface area contributed by atoms with Crippen molar-refractivity contribution in [3.63, 3.8) is 0 Å². The fourth-order valence-corrected chi connectivity index (χ4v) is 1.95. The molecule has 1 atom stereocenters. The molecule has 0 saturated carbocycles. The van der Waals surface area contributed by atoms with Crippen molar-refractivity contribution in [2.75, 3.05) is 0 Å². The second-order valence-electron chi connectivity index (χ2n) is 4.28. The quantitative estimate of drug-likeness (QED) is 0.869. The standard InChI is InChI=1S/C15H15ClN2O/c1-11(14-7-2-3-8-17-14)18-15(19)13-6-4-5-12(9-13)10-16/h2-9,11H,10H2,1H3,(H,18,19)/t11-/m1/s1. The Morgan fingerprint density at radius 1 is 1.32 bits per heavy atom. The van der Waals surface area contributed by atoms with E-state index in [0.29, 0.717) is 11.4 Å². The summed E-state index contributed by atoms with van der Waals surface area (Å²) >= 11 is 5.76. The Hall–Kier alpha value is -1.87. The molecule has 0 aliphatic heterocycles. The number of rotatable bonds is 4. The van der Waals surface area contributed by atoms with Gasteiger partial charge < -0.3 is 5.32 Å². The molecule has 98 valence electrons. The highest BCUT2D eigenvalue weighted by molar-refractivity contribution is 6.17. The van der Waals surface area contributed by atoms with Gasteiger partial charge in [-0.05, 0) is 36.8 Å². The minimum Gasteiger partial charge on any atom is -0.344 e. The molecule has 0 spiro atoms. The maximum absolute atomic E-state index is 12.1. The Balaban J connectivity index is 2.08. The first-order chi connectivity index (χ1) is 9.20. The van der Waals surface area contributed by atoms with Gasteiger partial charge in [0.25, 0.3) is 5.91 Å². The largest absolute Gasteiger partial charge is 0.344 e. The summed E-state index contributed by atoms with van der Waals surface area (Å²) in [4.78, 5) is 16.3. The summed E-state index contributed by atoms with van der Waals surface area (Å²) in [6.45, 7) is 1.91. The number of benzene rings is 1. The summed E-state index contributed by atoms with van der Waals surface area (Å²) < 4.78 is 0. The van der Waals surface area contributed by atoms with Crippen molar-refractivity contribution in [2.45, 2.75) is 18.8 Å². The predicted molar refractivity (Wildman–Crippen MR) is 76.1 cm³/mol. The van der Waals surface area contributed by atoms with E-state index in [1.807, 2.05) is 37.3 Å². The van der Waals surface area contributed by atoms with E-state index >= 15 is 0 Å². The van der Waals surface area contributed by atoms with Gasteiger partial charge in [-0.25, -0.2) is 0 Å². The second-order valence-corrected chi connectivity index (χ2v) is 4.55. The Labute approximate surface area is 117 Å². The molecular formula is C15H15ClN2O. The number of carbonyl (C=O) groups excluding carboxylic acids is 1. The summed E-state index contributed by atoms with van der Waals surface area (Å²) in [5, 5.41) is 2.92. The first kappa shape index (κ1) is 13.6. The lowest BCUT2D eigenvalue weighted by atomic mass is 10.1. The highest BCUT2D eigenvalue weighted by Gasteiger charge is 2.12. The molecule has 0 bridgehead atoms. The maximum Gasteiger partial charge on any atom is 0.251 e. The van der Waals surface area contributed by atoms with Crippen LogP contribution in [0.1, 0.15) is 34.6 Å². The van der Waals surface area contributed by atoms with E-state index in [1.54, 1.807) is 18.3 Å². The van der Waals surface area contributed by atoms with Crippen LogP contribution in [0.3, 0.4) is 0 Å². The number of amides is 1. The molecule has 1 N–H and O–H groups in total. The van der Waals surface area contributed by atoms with E-state index in [0.717, 1.165) is 11.3 Å². The van der Waals surface area contributed by atoms with Gasteiger partial charge in [-0.15, -0.1) is 11.6 Å². The van der Waals surface area contributed by atoms with E-state index in [2.05, 4.69) is 10.3 Å². The Bertz CT molecular complexity index is 557. The minimum absolute atomic E-state index is 0.120. The van der Waals surface area contributed by atoms with Crippen LogP contribution in [-0.2, 0) is 5.88 Å². The van der Waals surface area contributed by atoms with E-state index < -0.39 is 0 Å². The molecule has 2 rings (SSSR count). The molecule has 0 aliphatic carbocycles. The van der Waals surface area contributed by atoms with Gasteiger partial charge in [-0.1, -0.05) is 18.2 Å². The van der Waals surface area contributed by atoms with Crippen molar-refractivity contribution >= 4 is 17.5 Å². The summed E-state index contributed by atoms with van der Waals surface area (Å²) in [7, 11) is 0. The van der Waals surface area contributed by atoms with Gasteiger partial charge in [-0.2, -0.15) is 0 Å². The third-order valence-electron chi connectivity index (χ3n) is 2.82. The average molecular weight is 275 g/mol. The molecule has 4 heteroatoms. The van der Waals surface area contributed by atoms with Crippen LogP contribution in [0.4, 0.5) is 0 Å². The first-order valence-electron chi connectivity index (χ1n) is 6.07.